The van der Waals surface area contributed by atoms with Crippen LogP contribution in [0.5, 0.6) is 0 Å². The zero-order valence-corrected chi connectivity index (χ0v) is 22.1. The van der Waals surface area contributed by atoms with E-state index in [4.69, 9.17) is 32.9 Å². The first-order valence-electron chi connectivity index (χ1n) is 23.7. The molecule has 0 spiro atoms. The fourth-order valence-corrected chi connectivity index (χ4v) is 4.07. The molecule has 0 N–H and O–H groups in total. The van der Waals surface area contributed by atoms with E-state index >= 15 is 0 Å². The van der Waals surface area contributed by atoms with Crippen molar-refractivity contribution < 1.29 is 42.0 Å². The Morgan fingerprint density at radius 3 is 1.87 bits per heavy atom. The van der Waals surface area contributed by atoms with Gasteiger partial charge < -0.3 is 0 Å². The minimum atomic E-state index is -3.16. The van der Waals surface area contributed by atoms with Crippen LogP contribution in [0, 0.1) is 34.4 Å². The van der Waals surface area contributed by atoms with Crippen molar-refractivity contribution >= 4 is 0 Å². The molecule has 0 saturated carbocycles. The average molecular weight is 533 g/mol. The summed E-state index contributed by atoms with van der Waals surface area (Å²) >= 11 is 0. The molecule has 4 rings (SSSR count). The van der Waals surface area contributed by atoms with E-state index in [-0.39, 0.29) is 28.6 Å². The summed E-state index contributed by atoms with van der Waals surface area (Å²) in [6.07, 6.45) is -0.733. The van der Waals surface area contributed by atoms with Gasteiger partial charge in [0.1, 0.15) is 16.8 Å². The zero-order chi connectivity index (χ0) is 48.5. The summed E-state index contributed by atoms with van der Waals surface area (Å²) in [6, 6.07) is 12.2. The molecule has 0 fully saturated rings. The van der Waals surface area contributed by atoms with E-state index in [1.165, 1.54) is 64.7 Å². The molecule has 2 heterocycles. The molecule has 4 aromatic rings. The van der Waals surface area contributed by atoms with Crippen molar-refractivity contribution in [2.75, 3.05) is 0 Å². The molecule has 2 aromatic carbocycles. The first-order valence-corrected chi connectivity index (χ1v) is 11.7. The second-order valence-corrected chi connectivity index (χ2v) is 9.37. The lowest BCUT2D eigenvalue weighted by molar-refractivity contribution is -0.660. The second-order valence-electron chi connectivity index (χ2n) is 9.37. The summed E-state index contributed by atoms with van der Waals surface area (Å²) in [5, 5.41) is 0. The maximum Gasteiger partial charge on any atom is 0.212 e. The maximum absolute atomic E-state index is 8.53. The number of nitrogens with zero attached hydrogens (tertiary/aromatic N) is 2. The standard InChI is InChI=1S/C19H26N.C17H22N/c1-13-8-9-16(14(2)10-13)18-11-17(19(4,5)6)15(3)12-20(18)7;1-12(2)15-8-9-18(5)17(11-15)16-7-6-13(3)10-14(16)4/h8-12H,1-7H3;6-12H,1-5H3/q2*+1/i1D3,3D3,4D3,5D3,12D;1D3,2D3,3D3,9D,12D. The van der Waals surface area contributed by atoms with Gasteiger partial charge >= 0.3 is 0 Å². The van der Waals surface area contributed by atoms with Crippen molar-refractivity contribution in [3.63, 3.8) is 0 Å². The molecule has 0 unspecified atom stereocenters. The number of aromatic nitrogens is 2. The molecule has 0 radical (unpaired) electrons. The molecule has 38 heavy (non-hydrogen) atoms. The third-order valence-electron chi connectivity index (χ3n) is 6.09. The minimum Gasteiger partial charge on any atom is -0.201 e. The largest absolute Gasteiger partial charge is 0.212 e. The van der Waals surface area contributed by atoms with Crippen molar-refractivity contribution in [2.45, 2.75) is 80.0 Å². The fraction of sp³-hybridized carbons (Fsp3) is 0.389. The van der Waals surface area contributed by atoms with Crippen LogP contribution < -0.4 is 9.13 Å². The van der Waals surface area contributed by atoms with E-state index in [0.29, 0.717) is 27.9 Å². The summed E-state index contributed by atoms with van der Waals surface area (Å²) in [5.41, 5.74) is -1.38. The van der Waals surface area contributed by atoms with Gasteiger partial charge in [-0.3, -0.25) is 0 Å². The van der Waals surface area contributed by atoms with Crippen molar-refractivity contribution in [1.82, 2.24) is 0 Å². The van der Waals surface area contributed by atoms with Gasteiger partial charge in [-0.2, -0.15) is 0 Å². The highest BCUT2D eigenvalue weighted by Crippen LogP contribution is 2.29. The molecule has 200 valence electrons. The lowest BCUT2D eigenvalue weighted by Crippen LogP contribution is -2.33. The SMILES string of the molecule is [2H]c1c(C([2H])([2H])[2H])c(C(C)(C([2H])([2H])[2H])C([2H])([2H])[2H])cc(-c2ccc(C([2H])([2H])[2H])cc2C)[n+]1C.[2H]c1cc(C([2H])(C([2H])([2H])[2H])C([2H])([2H])[2H])cc(-c2ccc(C([2H])([2H])[2H])cc2C)[n+]1C. The minimum absolute atomic E-state index is 0.0756. The van der Waals surface area contributed by atoms with Crippen LogP contribution in [-0.4, -0.2) is 0 Å². The molecule has 0 aliphatic heterocycles. The van der Waals surface area contributed by atoms with Gasteiger partial charge in [0.15, 0.2) is 12.3 Å². The normalized spacial score (nSPS) is 23.3. The van der Waals surface area contributed by atoms with Crippen LogP contribution >= 0.6 is 0 Å². The van der Waals surface area contributed by atoms with Gasteiger partial charge in [0.2, 0.25) is 11.4 Å². The highest BCUT2D eigenvalue weighted by Gasteiger charge is 2.22. The van der Waals surface area contributed by atoms with Crippen LogP contribution in [0.2, 0.25) is 0 Å². The third kappa shape index (κ3) is 6.78. The first kappa shape index (κ1) is 10.7. The fourth-order valence-electron chi connectivity index (χ4n) is 4.07. The van der Waals surface area contributed by atoms with Crippen molar-refractivity contribution in [3.05, 3.63) is 106 Å². The number of benzene rings is 2. The Morgan fingerprint density at radius 1 is 0.763 bits per heavy atom. The van der Waals surface area contributed by atoms with E-state index in [9.17, 15) is 0 Å². The van der Waals surface area contributed by atoms with Gasteiger partial charge in [0, 0.05) is 65.0 Å². The predicted octanol–water partition coefficient (Wildman–Crippen LogP) is 8.32. The molecule has 0 amide bonds. The Balaban J connectivity index is 0.000000333. The Morgan fingerprint density at radius 2 is 1.37 bits per heavy atom. The predicted molar refractivity (Wildman–Crippen MR) is 163 cm³/mol. The van der Waals surface area contributed by atoms with Gasteiger partial charge in [-0.15, -0.1) is 0 Å². The van der Waals surface area contributed by atoms with Gasteiger partial charge in [-0.05, 0) is 80.1 Å². The Bertz CT molecular complexity index is 2270. The van der Waals surface area contributed by atoms with Gasteiger partial charge in [0.25, 0.3) is 0 Å². The summed E-state index contributed by atoms with van der Waals surface area (Å²) in [6.45, 7) is -15.9. The van der Waals surface area contributed by atoms with E-state index in [0.717, 1.165) is 13.0 Å². The summed E-state index contributed by atoms with van der Waals surface area (Å²) in [7, 11) is 2.96. The van der Waals surface area contributed by atoms with Gasteiger partial charge in [-0.25, -0.2) is 9.13 Å². The van der Waals surface area contributed by atoms with Crippen LogP contribution in [0.15, 0.2) is 66.9 Å². The maximum atomic E-state index is 8.53. The molecule has 0 atom stereocenters. The molecular formula is C36H48N2+2. The molecular weight excluding hydrogens is 460 g/mol. The summed E-state index contributed by atoms with van der Waals surface area (Å²) in [4.78, 5) is 0. The molecule has 0 aliphatic rings. The summed E-state index contributed by atoms with van der Waals surface area (Å²) in [5.74, 6) is -2.93. The first-order chi connectivity index (χ1) is 27.5. The lowest BCUT2D eigenvalue weighted by atomic mass is 9.83. The number of rotatable bonds is 3. The monoisotopic (exact) mass is 533 g/mol. The average Bonchev–Trinajstić information content (AvgIpc) is 3.07. The third-order valence-corrected chi connectivity index (χ3v) is 6.09. The van der Waals surface area contributed by atoms with E-state index < -0.39 is 76.6 Å². The summed E-state index contributed by atoms with van der Waals surface area (Å²) < 4.78 is 191. The van der Waals surface area contributed by atoms with Crippen molar-refractivity contribution in [1.29, 1.82) is 0 Å². The van der Waals surface area contributed by atoms with E-state index in [2.05, 4.69) is 0 Å². The van der Waals surface area contributed by atoms with Crippen LogP contribution in [0.25, 0.3) is 22.5 Å². The van der Waals surface area contributed by atoms with Gasteiger partial charge in [0.05, 0.1) is 0 Å². The van der Waals surface area contributed by atoms with Crippen LogP contribution in [0.4, 0.5) is 0 Å². The molecule has 0 saturated heterocycles. The van der Waals surface area contributed by atoms with Crippen LogP contribution in [-0.2, 0) is 19.5 Å². The van der Waals surface area contributed by atoms with Crippen molar-refractivity contribution in [2.24, 2.45) is 14.1 Å². The lowest BCUT2D eigenvalue weighted by Gasteiger charge is -2.21. The Labute approximate surface area is 265 Å². The zero-order valence-electron chi connectivity index (χ0n) is 46.1. The van der Waals surface area contributed by atoms with Crippen LogP contribution in [0.3, 0.4) is 0 Å². The molecule has 2 heteroatoms. The number of pyridine rings is 2. The van der Waals surface area contributed by atoms with E-state index in [1.54, 1.807) is 20.9 Å². The Kier molecular flexibility index (Phi) is 3.28. The number of aryl methyl sites for hydroxylation is 4. The molecule has 0 aliphatic carbocycles. The number of hydrogen-bond donors (Lipinski definition) is 0. The van der Waals surface area contributed by atoms with Gasteiger partial charge in [-0.1, -0.05) is 69.7 Å². The highest BCUT2D eigenvalue weighted by atomic mass is 14.9. The van der Waals surface area contributed by atoms with E-state index in [1.807, 2.05) is 0 Å². The topological polar surface area (TPSA) is 7.76 Å². The molecule has 2 aromatic heterocycles. The number of hydrogen-bond acceptors (Lipinski definition) is 0. The molecule has 2 nitrogen and oxygen atoms in total. The second kappa shape index (κ2) is 11.6. The smallest absolute Gasteiger partial charge is 0.201 e. The Hall–Kier alpha value is -3.26. The van der Waals surface area contributed by atoms with Crippen LogP contribution in [0.1, 0.15) is 112 Å². The molecule has 0 bridgehead atoms. The van der Waals surface area contributed by atoms with Crippen molar-refractivity contribution in [3.8, 4) is 22.5 Å². The highest BCUT2D eigenvalue weighted by molar-refractivity contribution is 5.63. The quantitative estimate of drug-likeness (QED) is 0.234.